The van der Waals surface area contributed by atoms with Gasteiger partial charge in [0.1, 0.15) is 34.4 Å². The van der Waals surface area contributed by atoms with E-state index in [4.69, 9.17) is 4.98 Å². The first kappa shape index (κ1) is 47.0. The van der Waals surface area contributed by atoms with Crippen LogP contribution in [0.3, 0.4) is 0 Å². The fourth-order valence-electron chi connectivity index (χ4n) is 7.39. The summed E-state index contributed by atoms with van der Waals surface area (Å²) in [5.41, 5.74) is 11.8. The van der Waals surface area contributed by atoms with Crippen molar-refractivity contribution in [1.29, 1.82) is 0 Å². The van der Waals surface area contributed by atoms with Crippen LogP contribution in [0.5, 0.6) is 0 Å². The number of anilines is 2. The molecule has 0 radical (unpaired) electrons. The predicted molar refractivity (Wildman–Crippen MR) is 264 cm³/mol. The van der Waals surface area contributed by atoms with Crippen molar-refractivity contribution in [3.05, 3.63) is 163 Å². The standard InChI is InChI=1S/C19H23N3.C18H21FN4.C17H16F2N2/c1-19(2,3)15-8-6-14(7-9-15)17-13-22-11-10-16(21(4)5)12-18(22)20-17;1-18(2,3)17-14(19)8-12(10-20-17)15-11-23-7-6-13(22(4)5)9-16(23)21-15;1-17(2,3)13-8-16-20-15(10-21(16)9-14(13)19)11-4-6-12(18)7-5-11/h6-13H,1-5H3;6-11H,1-5H3;4-10H,1-3H3. The van der Waals surface area contributed by atoms with Crippen LogP contribution in [0, 0.1) is 17.5 Å². The number of nitrogens with zero attached hydrogens (tertiary/aromatic N) is 9. The van der Waals surface area contributed by atoms with Crippen molar-refractivity contribution in [3.8, 4) is 33.8 Å². The number of rotatable bonds is 5. The molecular formula is C54H60F3N9. The normalized spacial score (nSPS) is 11.9. The van der Waals surface area contributed by atoms with Crippen molar-refractivity contribution < 1.29 is 13.2 Å². The van der Waals surface area contributed by atoms with Gasteiger partial charge in [-0.25, -0.2) is 28.1 Å². The van der Waals surface area contributed by atoms with Gasteiger partial charge in [0.15, 0.2) is 0 Å². The predicted octanol–water partition coefficient (Wildman–Crippen LogP) is 12.8. The average Bonchev–Trinajstić information content (AvgIpc) is 3.99. The van der Waals surface area contributed by atoms with Crippen LogP contribution in [-0.4, -0.2) is 61.3 Å². The minimum atomic E-state index is -0.317. The molecule has 0 aliphatic rings. The molecule has 0 atom stereocenters. The lowest BCUT2D eigenvalue weighted by molar-refractivity contribution is 0.503. The van der Waals surface area contributed by atoms with Crippen molar-refractivity contribution >= 4 is 28.3 Å². The van der Waals surface area contributed by atoms with E-state index >= 15 is 0 Å². The number of aromatic nitrogens is 7. The zero-order chi connectivity index (χ0) is 47.9. The third kappa shape index (κ3) is 10.6. The summed E-state index contributed by atoms with van der Waals surface area (Å²) in [6, 6.07) is 26.3. The number of pyridine rings is 4. The maximum atomic E-state index is 14.4. The Labute approximate surface area is 386 Å². The van der Waals surface area contributed by atoms with Gasteiger partial charge in [0.2, 0.25) is 0 Å². The average molecular weight is 892 g/mol. The van der Waals surface area contributed by atoms with Gasteiger partial charge in [0, 0.05) is 117 Å². The maximum Gasteiger partial charge on any atom is 0.145 e. The number of imidazole rings is 3. The number of hydrogen-bond acceptors (Lipinski definition) is 6. The second-order valence-electron chi connectivity index (χ2n) is 20.2. The number of hydrogen-bond donors (Lipinski definition) is 0. The second kappa shape index (κ2) is 18.1. The highest BCUT2D eigenvalue weighted by Crippen LogP contribution is 2.30. The van der Waals surface area contributed by atoms with E-state index in [-0.39, 0.29) is 33.7 Å². The molecule has 0 fully saturated rings. The first-order valence-electron chi connectivity index (χ1n) is 22.0. The third-order valence-corrected chi connectivity index (χ3v) is 11.3. The van der Waals surface area contributed by atoms with Gasteiger partial charge in [-0.05, 0) is 70.5 Å². The Hall–Kier alpha value is -6.95. The molecule has 66 heavy (non-hydrogen) atoms. The molecule has 342 valence electrons. The molecule has 0 saturated heterocycles. The summed E-state index contributed by atoms with van der Waals surface area (Å²) in [4.78, 5) is 22.3. The van der Waals surface area contributed by atoms with E-state index in [0.29, 0.717) is 33.9 Å². The summed E-state index contributed by atoms with van der Waals surface area (Å²) in [6.07, 6.45) is 12.9. The zero-order valence-electron chi connectivity index (χ0n) is 40.3. The molecular weight excluding hydrogens is 832 g/mol. The van der Waals surface area contributed by atoms with E-state index in [1.165, 1.54) is 30.0 Å². The molecule has 0 bridgehead atoms. The van der Waals surface area contributed by atoms with Gasteiger partial charge in [-0.2, -0.15) is 0 Å². The minimum absolute atomic E-state index is 0.179. The molecule has 7 aromatic heterocycles. The lowest BCUT2D eigenvalue weighted by atomic mass is 9.86. The van der Waals surface area contributed by atoms with E-state index in [9.17, 15) is 13.2 Å². The Balaban J connectivity index is 0.000000147. The third-order valence-electron chi connectivity index (χ3n) is 11.3. The van der Waals surface area contributed by atoms with Gasteiger partial charge < -0.3 is 23.0 Å². The highest BCUT2D eigenvalue weighted by atomic mass is 19.1. The molecule has 0 spiro atoms. The molecule has 0 unspecified atom stereocenters. The van der Waals surface area contributed by atoms with E-state index in [1.54, 1.807) is 35.0 Å². The molecule has 9 rings (SSSR count). The van der Waals surface area contributed by atoms with Gasteiger partial charge >= 0.3 is 0 Å². The van der Waals surface area contributed by atoms with Gasteiger partial charge in [-0.1, -0.05) is 86.6 Å². The van der Waals surface area contributed by atoms with Crippen molar-refractivity contribution in [2.45, 2.75) is 78.6 Å². The molecule has 0 N–H and O–H groups in total. The Bertz CT molecular complexity index is 3120. The Morgan fingerprint density at radius 2 is 0.909 bits per heavy atom. The summed E-state index contributed by atoms with van der Waals surface area (Å²) in [7, 11) is 8.06. The summed E-state index contributed by atoms with van der Waals surface area (Å²) in [6.45, 7) is 18.4. The number of benzene rings is 2. The molecule has 0 saturated carbocycles. The van der Waals surface area contributed by atoms with Crippen LogP contribution in [0.25, 0.3) is 50.7 Å². The van der Waals surface area contributed by atoms with Crippen molar-refractivity contribution in [3.63, 3.8) is 0 Å². The molecule has 9 aromatic rings. The number of fused-ring (bicyclic) bond motifs is 3. The first-order chi connectivity index (χ1) is 30.9. The van der Waals surface area contributed by atoms with E-state index < -0.39 is 0 Å². The fourth-order valence-corrected chi connectivity index (χ4v) is 7.39. The Morgan fingerprint density at radius 3 is 1.35 bits per heavy atom. The highest BCUT2D eigenvalue weighted by molar-refractivity contribution is 5.67. The molecule has 9 nitrogen and oxygen atoms in total. The smallest absolute Gasteiger partial charge is 0.145 e. The summed E-state index contributed by atoms with van der Waals surface area (Å²) in [5.74, 6) is -0.831. The van der Waals surface area contributed by atoms with Crippen LogP contribution in [0.2, 0.25) is 0 Å². The minimum Gasteiger partial charge on any atom is -0.378 e. The largest absolute Gasteiger partial charge is 0.378 e. The van der Waals surface area contributed by atoms with E-state index in [1.807, 2.05) is 104 Å². The zero-order valence-corrected chi connectivity index (χ0v) is 40.3. The lowest BCUT2D eigenvalue weighted by Gasteiger charge is -2.19. The molecule has 0 aliphatic carbocycles. The highest BCUT2D eigenvalue weighted by Gasteiger charge is 2.22. The van der Waals surface area contributed by atoms with Crippen LogP contribution >= 0.6 is 0 Å². The van der Waals surface area contributed by atoms with E-state index in [2.05, 4.69) is 93.8 Å². The van der Waals surface area contributed by atoms with Crippen LogP contribution in [-0.2, 0) is 16.2 Å². The topological polar surface area (TPSA) is 71.3 Å². The summed E-state index contributed by atoms with van der Waals surface area (Å²) in [5, 5.41) is 0. The molecule has 2 aromatic carbocycles. The first-order valence-corrected chi connectivity index (χ1v) is 22.0. The molecule has 0 aliphatic heterocycles. The van der Waals surface area contributed by atoms with Crippen LogP contribution in [0.15, 0.2) is 128 Å². The van der Waals surface area contributed by atoms with Crippen LogP contribution in [0.4, 0.5) is 24.5 Å². The van der Waals surface area contributed by atoms with Gasteiger partial charge in [0.05, 0.1) is 22.8 Å². The van der Waals surface area contributed by atoms with Crippen LogP contribution in [0.1, 0.15) is 79.1 Å². The SMILES string of the molecule is CC(C)(C)c1cc2nc(-c3ccc(F)cc3)cn2cc1F.CN(C)c1ccn2cc(-c3ccc(C(C)(C)C)cc3)nc2c1.CN(C)c1ccn2cc(-c3cnc(C(C)(C)C)c(F)c3)nc2c1. The lowest BCUT2D eigenvalue weighted by Crippen LogP contribution is -2.15. The second-order valence-corrected chi connectivity index (χ2v) is 20.2. The molecule has 12 heteroatoms. The Morgan fingerprint density at radius 1 is 0.455 bits per heavy atom. The van der Waals surface area contributed by atoms with Gasteiger partial charge in [-0.3, -0.25) is 4.98 Å². The van der Waals surface area contributed by atoms with Crippen LogP contribution < -0.4 is 9.80 Å². The Kier molecular flexibility index (Phi) is 12.9. The fraction of sp³-hybridized carbons (Fsp3) is 0.296. The van der Waals surface area contributed by atoms with Crippen molar-refractivity contribution in [1.82, 2.24) is 33.1 Å². The molecule has 0 amide bonds. The molecule has 7 heterocycles. The van der Waals surface area contributed by atoms with Gasteiger partial charge in [0.25, 0.3) is 0 Å². The van der Waals surface area contributed by atoms with Gasteiger partial charge in [-0.15, -0.1) is 0 Å². The quantitative estimate of drug-likeness (QED) is 0.171. The van der Waals surface area contributed by atoms with Crippen molar-refractivity contribution in [2.75, 3.05) is 38.0 Å². The summed E-state index contributed by atoms with van der Waals surface area (Å²) >= 11 is 0. The van der Waals surface area contributed by atoms with E-state index in [0.717, 1.165) is 39.5 Å². The van der Waals surface area contributed by atoms with Crippen molar-refractivity contribution in [2.24, 2.45) is 0 Å². The maximum absolute atomic E-state index is 14.4. The monoisotopic (exact) mass is 891 g/mol. The summed E-state index contributed by atoms with van der Waals surface area (Å²) < 4.78 is 47.2. The number of halogens is 3.